The Morgan fingerprint density at radius 1 is 1.33 bits per heavy atom. The first-order valence-corrected chi connectivity index (χ1v) is 2.97. The van der Waals surface area contributed by atoms with Gasteiger partial charge in [-0.15, -0.1) is 0 Å². The Morgan fingerprint density at radius 2 is 1.92 bits per heavy atom. The standard InChI is InChI=1S/C7H5FO4/c8-6-4(7(11)12)1-3(9)2-5(6)10/h1-2,9-10H,(H,11,12). The lowest BCUT2D eigenvalue weighted by Gasteiger charge is -2.00. The van der Waals surface area contributed by atoms with Crippen molar-refractivity contribution in [2.75, 3.05) is 0 Å². The zero-order chi connectivity index (χ0) is 9.30. The van der Waals surface area contributed by atoms with Crippen molar-refractivity contribution in [2.24, 2.45) is 0 Å². The average molecular weight is 172 g/mol. The van der Waals surface area contributed by atoms with Gasteiger partial charge in [0.25, 0.3) is 0 Å². The van der Waals surface area contributed by atoms with Crippen molar-refractivity contribution in [3.05, 3.63) is 23.5 Å². The molecule has 0 aromatic heterocycles. The van der Waals surface area contributed by atoms with E-state index < -0.39 is 28.8 Å². The zero-order valence-corrected chi connectivity index (χ0v) is 5.78. The molecule has 0 amide bonds. The Hall–Kier alpha value is -1.78. The van der Waals surface area contributed by atoms with Gasteiger partial charge in [-0.3, -0.25) is 0 Å². The molecule has 0 radical (unpaired) electrons. The van der Waals surface area contributed by atoms with Crippen LogP contribution in [-0.4, -0.2) is 21.3 Å². The van der Waals surface area contributed by atoms with Gasteiger partial charge in [0.15, 0.2) is 11.6 Å². The van der Waals surface area contributed by atoms with Gasteiger partial charge in [0.1, 0.15) is 11.3 Å². The fraction of sp³-hybridized carbons (Fsp3) is 0. The Morgan fingerprint density at radius 3 is 2.42 bits per heavy atom. The van der Waals surface area contributed by atoms with E-state index in [0.29, 0.717) is 0 Å². The number of benzene rings is 1. The van der Waals surface area contributed by atoms with Gasteiger partial charge in [-0.2, -0.15) is 0 Å². The summed E-state index contributed by atoms with van der Waals surface area (Å²) in [4.78, 5) is 10.3. The summed E-state index contributed by atoms with van der Waals surface area (Å²) in [5, 5.41) is 25.9. The number of aromatic hydroxyl groups is 2. The predicted octanol–water partition coefficient (Wildman–Crippen LogP) is 0.935. The number of carboxylic acids is 1. The third-order valence-corrected chi connectivity index (χ3v) is 1.27. The largest absolute Gasteiger partial charge is 0.508 e. The van der Waals surface area contributed by atoms with Gasteiger partial charge in [0, 0.05) is 6.07 Å². The van der Waals surface area contributed by atoms with Crippen LogP contribution in [-0.2, 0) is 0 Å². The van der Waals surface area contributed by atoms with Gasteiger partial charge in [-0.25, -0.2) is 9.18 Å². The van der Waals surface area contributed by atoms with Gasteiger partial charge in [0.2, 0.25) is 0 Å². The molecule has 0 fully saturated rings. The Kier molecular flexibility index (Phi) is 1.86. The molecular weight excluding hydrogens is 167 g/mol. The fourth-order valence-electron chi connectivity index (χ4n) is 0.750. The second-order valence-electron chi connectivity index (χ2n) is 2.13. The molecule has 0 saturated heterocycles. The normalized spacial score (nSPS) is 9.75. The van der Waals surface area contributed by atoms with Crippen molar-refractivity contribution in [1.82, 2.24) is 0 Å². The van der Waals surface area contributed by atoms with Crippen molar-refractivity contribution in [2.45, 2.75) is 0 Å². The smallest absolute Gasteiger partial charge is 0.338 e. The Labute approximate surface area is 66.5 Å². The molecular formula is C7H5FO4. The Bertz CT molecular complexity index is 334. The van der Waals surface area contributed by atoms with Crippen LogP contribution in [0.15, 0.2) is 12.1 Å². The number of hydrogen-bond acceptors (Lipinski definition) is 3. The molecule has 1 rings (SSSR count). The van der Waals surface area contributed by atoms with Crippen LogP contribution >= 0.6 is 0 Å². The van der Waals surface area contributed by atoms with Crippen LogP contribution in [0.25, 0.3) is 0 Å². The molecule has 1 aromatic rings. The molecule has 0 bridgehead atoms. The molecule has 0 atom stereocenters. The van der Waals surface area contributed by atoms with Crippen LogP contribution in [0.2, 0.25) is 0 Å². The minimum Gasteiger partial charge on any atom is -0.508 e. The van der Waals surface area contributed by atoms with E-state index in [4.69, 9.17) is 15.3 Å². The lowest BCUT2D eigenvalue weighted by Crippen LogP contribution is -1.99. The van der Waals surface area contributed by atoms with Crippen molar-refractivity contribution in [3.63, 3.8) is 0 Å². The van der Waals surface area contributed by atoms with E-state index in [-0.39, 0.29) is 0 Å². The number of rotatable bonds is 1. The molecule has 12 heavy (non-hydrogen) atoms. The molecule has 4 nitrogen and oxygen atoms in total. The van der Waals surface area contributed by atoms with E-state index >= 15 is 0 Å². The van der Waals surface area contributed by atoms with Crippen LogP contribution in [0.3, 0.4) is 0 Å². The molecule has 1 aromatic carbocycles. The van der Waals surface area contributed by atoms with E-state index in [1.165, 1.54) is 0 Å². The highest BCUT2D eigenvalue weighted by atomic mass is 19.1. The highest BCUT2D eigenvalue weighted by Gasteiger charge is 2.15. The van der Waals surface area contributed by atoms with Gasteiger partial charge in [0.05, 0.1) is 0 Å². The summed E-state index contributed by atoms with van der Waals surface area (Å²) in [6, 6.07) is 1.44. The Balaban J connectivity index is 3.37. The number of hydrogen-bond donors (Lipinski definition) is 3. The number of phenols is 2. The minimum atomic E-state index is -1.54. The first-order valence-electron chi connectivity index (χ1n) is 2.97. The third-order valence-electron chi connectivity index (χ3n) is 1.27. The summed E-state index contributed by atoms with van der Waals surface area (Å²) < 4.78 is 12.7. The molecule has 0 spiro atoms. The van der Waals surface area contributed by atoms with E-state index in [2.05, 4.69) is 0 Å². The minimum absolute atomic E-state index is 0.494. The van der Waals surface area contributed by atoms with Gasteiger partial charge < -0.3 is 15.3 Å². The summed E-state index contributed by atoms with van der Waals surface area (Å²) in [7, 11) is 0. The second-order valence-corrected chi connectivity index (χ2v) is 2.13. The zero-order valence-electron chi connectivity index (χ0n) is 5.78. The molecule has 0 saturated carbocycles. The van der Waals surface area contributed by atoms with Crippen LogP contribution in [0.5, 0.6) is 11.5 Å². The fourth-order valence-corrected chi connectivity index (χ4v) is 0.750. The van der Waals surface area contributed by atoms with Crippen molar-refractivity contribution in [1.29, 1.82) is 0 Å². The average Bonchev–Trinajstić information content (AvgIpc) is 1.96. The maximum atomic E-state index is 12.7. The molecule has 0 heterocycles. The molecule has 5 heteroatoms. The summed E-state index contributed by atoms with van der Waals surface area (Å²) in [6.45, 7) is 0. The van der Waals surface area contributed by atoms with E-state index in [1.54, 1.807) is 0 Å². The van der Waals surface area contributed by atoms with Crippen LogP contribution in [0.1, 0.15) is 10.4 Å². The quantitative estimate of drug-likeness (QED) is 0.588. The highest BCUT2D eigenvalue weighted by molar-refractivity contribution is 5.89. The lowest BCUT2D eigenvalue weighted by atomic mass is 10.2. The lowest BCUT2D eigenvalue weighted by molar-refractivity contribution is 0.0690. The molecule has 0 unspecified atom stereocenters. The first-order chi connectivity index (χ1) is 5.52. The highest BCUT2D eigenvalue weighted by Crippen LogP contribution is 2.25. The topological polar surface area (TPSA) is 77.8 Å². The first kappa shape index (κ1) is 8.32. The summed E-state index contributed by atoms with van der Waals surface area (Å²) in [6.07, 6.45) is 0. The summed E-state index contributed by atoms with van der Waals surface area (Å²) >= 11 is 0. The maximum Gasteiger partial charge on any atom is 0.338 e. The van der Waals surface area contributed by atoms with Gasteiger partial charge in [-0.1, -0.05) is 0 Å². The summed E-state index contributed by atoms with van der Waals surface area (Å²) in [5.41, 5.74) is -0.757. The van der Waals surface area contributed by atoms with Gasteiger partial charge in [-0.05, 0) is 6.07 Å². The number of phenolic OH excluding ortho intramolecular Hbond substituents is 2. The van der Waals surface area contributed by atoms with E-state index in [0.717, 1.165) is 12.1 Å². The molecule has 0 aliphatic rings. The van der Waals surface area contributed by atoms with Crippen LogP contribution in [0.4, 0.5) is 4.39 Å². The number of halogens is 1. The van der Waals surface area contributed by atoms with Crippen molar-refractivity contribution in [3.8, 4) is 11.5 Å². The predicted molar refractivity (Wildman–Crippen MR) is 36.7 cm³/mol. The molecule has 3 N–H and O–H groups in total. The SMILES string of the molecule is O=C(O)c1cc(O)cc(O)c1F. The van der Waals surface area contributed by atoms with E-state index in [1.807, 2.05) is 0 Å². The number of carbonyl (C=O) groups is 1. The second kappa shape index (κ2) is 2.69. The molecule has 0 aliphatic heterocycles. The number of aromatic carboxylic acids is 1. The monoisotopic (exact) mass is 172 g/mol. The number of carboxylic acid groups (broad SMARTS) is 1. The third kappa shape index (κ3) is 1.29. The van der Waals surface area contributed by atoms with Crippen molar-refractivity contribution >= 4 is 5.97 Å². The van der Waals surface area contributed by atoms with Crippen molar-refractivity contribution < 1.29 is 24.5 Å². The molecule has 0 aliphatic carbocycles. The van der Waals surface area contributed by atoms with Gasteiger partial charge >= 0.3 is 5.97 Å². The maximum absolute atomic E-state index is 12.7. The molecule has 64 valence electrons. The van der Waals surface area contributed by atoms with E-state index in [9.17, 15) is 9.18 Å². The van der Waals surface area contributed by atoms with Crippen LogP contribution in [0, 0.1) is 5.82 Å². The van der Waals surface area contributed by atoms with Crippen LogP contribution < -0.4 is 0 Å². The summed E-state index contributed by atoms with van der Waals surface area (Å²) in [5.74, 6) is -4.17.